The van der Waals surface area contributed by atoms with Crippen LogP contribution in [0.25, 0.3) is 0 Å². The molecule has 0 aliphatic rings. The van der Waals surface area contributed by atoms with Crippen molar-refractivity contribution in [2.24, 2.45) is 0 Å². The van der Waals surface area contributed by atoms with Gasteiger partial charge in [0.2, 0.25) is 0 Å². The summed E-state index contributed by atoms with van der Waals surface area (Å²) in [6.45, 7) is 8.86. The average molecular weight is 403 g/mol. The summed E-state index contributed by atoms with van der Waals surface area (Å²) in [7, 11) is -8.57. The maximum absolute atomic E-state index is 13.6. The summed E-state index contributed by atoms with van der Waals surface area (Å²) in [5.74, 6) is 0. The molecule has 0 saturated carbocycles. The van der Waals surface area contributed by atoms with Gasteiger partial charge in [0.15, 0.2) is 23.8 Å². The lowest BCUT2D eigenvalue weighted by atomic mass is 10.1. The molecule has 0 saturated heterocycles. The molecule has 27 heavy (non-hydrogen) atoms. The van der Waals surface area contributed by atoms with Crippen LogP contribution in [0.4, 0.5) is 0 Å². The van der Waals surface area contributed by atoms with Gasteiger partial charge in [-0.25, -0.2) is 16.8 Å². The quantitative estimate of drug-likeness (QED) is 0.487. The van der Waals surface area contributed by atoms with Gasteiger partial charge in [0.05, 0.1) is 9.79 Å². The van der Waals surface area contributed by atoms with Crippen molar-refractivity contribution in [1.82, 2.24) is 0 Å². The van der Waals surface area contributed by atoms with E-state index in [0.717, 1.165) is 0 Å². The van der Waals surface area contributed by atoms with E-state index < -0.39 is 23.8 Å². The van der Waals surface area contributed by atoms with Crippen molar-refractivity contribution in [3.05, 3.63) is 91.2 Å². The summed E-state index contributed by atoms with van der Waals surface area (Å²) in [6, 6.07) is 15.2. The van der Waals surface area contributed by atoms with Gasteiger partial charge in [0.1, 0.15) is 0 Å². The van der Waals surface area contributed by atoms with Crippen molar-refractivity contribution in [3.63, 3.8) is 0 Å². The van der Waals surface area contributed by atoms with Gasteiger partial charge in [-0.05, 0) is 37.3 Å². The summed E-state index contributed by atoms with van der Waals surface area (Å²) < 4.78 is 52.4. The summed E-state index contributed by atoms with van der Waals surface area (Å²) in [5, 5.41) is 0. The fraction of sp³-hybridized carbons (Fsp3) is 0.190. The molecule has 0 spiro atoms. The molecule has 0 bridgehead atoms. The van der Waals surface area contributed by atoms with Crippen LogP contribution >= 0.6 is 0 Å². The van der Waals surface area contributed by atoms with Crippen LogP contribution in [0, 0.1) is 0 Å². The highest BCUT2D eigenvalue weighted by Gasteiger charge is 2.55. The van der Waals surface area contributed by atoms with Gasteiger partial charge < -0.3 is 0 Å². The molecule has 142 valence electrons. The Bertz CT molecular complexity index is 986. The molecule has 4 nitrogen and oxygen atoms in total. The van der Waals surface area contributed by atoms with Crippen molar-refractivity contribution >= 4 is 19.7 Å². The maximum atomic E-state index is 13.6. The SMILES string of the molecule is C=C=CCC(CC(=C)C)(S(=O)(=O)c1ccccc1)S(=O)(=O)c1ccccc1. The monoisotopic (exact) mass is 402 g/mol. The fourth-order valence-electron chi connectivity index (χ4n) is 2.94. The van der Waals surface area contributed by atoms with Gasteiger partial charge in [0, 0.05) is 12.8 Å². The van der Waals surface area contributed by atoms with E-state index in [9.17, 15) is 16.8 Å². The van der Waals surface area contributed by atoms with E-state index in [1.165, 1.54) is 30.3 Å². The average Bonchev–Trinajstić information content (AvgIpc) is 2.66. The zero-order valence-corrected chi connectivity index (χ0v) is 16.8. The summed E-state index contributed by atoms with van der Waals surface area (Å²) in [4.78, 5) is -0.105. The molecule has 0 aliphatic carbocycles. The maximum Gasteiger partial charge on any atom is 0.199 e. The number of hydrogen-bond donors (Lipinski definition) is 0. The van der Waals surface area contributed by atoms with E-state index in [1.807, 2.05) is 0 Å². The van der Waals surface area contributed by atoms with Crippen LogP contribution in [-0.4, -0.2) is 20.9 Å². The molecule has 0 N–H and O–H groups in total. The molecule has 0 aromatic heterocycles. The van der Waals surface area contributed by atoms with Gasteiger partial charge in [-0.1, -0.05) is 48.6 Å². The number of benzene rings is 2. The number of rotatable bonds is 8. The molecular formula is C21H22O4S2. The van der Waals surface area contributed by atoms with E-state index in [-0.39, 0.29) is 22.6 Å². The zero-order valence-electron chi connectivity index (χ0n) is 15.1. The van der Waals surface area contributed by atoms with Crippen molar-refractivity contribution < 1.29 is 16.8 Å². The normalized spacial score (nSPS) is 12.2. The molecule has 2 aromatic carbocycles. The Morgan fingerprint density at radius 2 is 1.33 bits per heavy atom. The third-order valence-electron chi connectivity index (χ3n) is 4.22. The van der Waals surface area contributed by atoms with Gasteiger partial charge in [-0.3, -0.25) is 0 Å². The Hall–Kier alpha value is -2.40. The molecule has 2 aromatic rings. The first-order chi connectivity index (χ1) is 12.7. The molecule has 6 heteroatoms. The molecule has 0 unspecified atom stereocenters. The third kappa shape index (κ3) is 3.83. The van der Waals surface area contributed by atoms with Crippen molar-refractivity contribution in [2.45, 2.75) is 33.6 Å². The topological polar surface area (TPSA) is 68.3 Å². The van der Waals surface area contributed by atoms with E-state index >= 15 is 0 Å². The van der Waals surface area contributed by atoms with Crippen LogP contribution < -0.4 is 0 Å². The summed E-state index contributed by atoms with van der Waals surface area (Å²) in [6.07, 6.45) is 0.835. The number of sulfone groups is 2. The molecular weight excluding hydrogens is 380 g/mol. The smallest absolute Gasteiger partial charge is 0.199 e. The predicted molar refractivity (Wildman–Crippen MR) is 108 cm³/mol. The minimum Gasteiger partial charge on any atom is -0.222 e. The summed E-state index contributed by atoms with van der Waals surface area (Å²) in [5.41, 5.74) is 2.96. The van der Waals surface area contributed by atoms with Crippen LogP contribution in [-0.2, 0) is 19.7 Å². The number of hydrogen-bond acceptors (Lipinski definition) is 4. The van der Waals surface area contributed by atoms with Crippen LogP contribution in [0.15, 0.2) is 101 Å². The minimum atomic E-state index is -4.28. The first-order valence-electron chi connectivity index (χ1n) is 8.27. The highest BCUT2D eigenvalue weighted by atomic mass is 32.3. The van der Waals surface area contributed by atoms with Crippen LogP contribution in [0.1, 0.15) is 19.8 Å². The molecule has 0 heterocycles. The second-order valence-electron chi connectivity index (χ2n) is 6.29. The lowest BCUT2D eigenvalue weighted by Gasteiger charge is -2.32. The Morgan fingerprint density at radius 1 is 0.926 bits per heavy atom. The third-order valence-corrected chi connectivity index (χ3v) is 9.90. The Labute approximate surface area is 161 Å². The molecule has 2 rings (SSSR count). The second-order valence-corrected chi connectivity index (χ2v) is 11.1. The van der Waals surface area contributed by atoms with Crippen LogP contribution in [0.2, 0.25) is 0 Å². The Morgan fingerprint density at radius 3 is 1.67 bits per heavy atom. The van der Waals surface area contributed by atoms with E-state index in [2.05, 4.69) is 18.9 Å². The highest BCUT2D eigenvalue weighted by molar-refractivity contribution is 8.10. The number of allylic oxidation sites excluding steroid dienone is 2. The molecule has 0 atom stereocenters. The van der Waals surface area contributed by atoms with Crippen molar-refractivity contribution in [2.75, 3.05) is 0 Å². The Balaban J connectivity index is 2.90. The second kappa shape index (κ2) is 8.09. The zero-order chi connectivity index (χ0) is 20.1. The van der Waals surface area contributed by atoms with Crippen molar-refractivity contribution in [1.29, 1.82) is 0 Å². The van der Waals surface area contributed by atoms with Gasteiger partial charge in [-0.15, -0.1) is 12.3 Å². The van der Waals surface area contributed by atoms with E-state index in [1.54, 1.807) is 43.3 Å². The van der Waals surface area contributed by atoms with Crippen LogP contribution in [0.5, 0.6) is 0 Å². The minimum absolute atomic E-state index is 0.0526. The lowest BCUT2D eigenvalue weighted by Crippen LogP contribution is -2.46. The van der Waals surface area contributed by atoms with Gasteiger partial charge in [-0.2, -0.15) is 0 Å². The summed E-state index contributed by atoms with van der Waals surface area (Å²) >= 11 is 0. The Kier molecular flexibility index (Phi) is 6.26. The highest BCUT2D eigenvalue weighted by Crippen LogP contribution is 2.42. The molecule has 0 radical (unpaired) electrons. The van der Waals surface area contributed by atoms with Crippen LogP contribution in [0.3, 0.4) is 0 Å². The van der Waals surface area contributed by atoms with Gasteiger partial charge in [0.25, 0.3) is 0 Å². The fourth-order valence-corrected chi connectivity index (χ4v) is 8.04. The van der Waals surface area contributed by atoms with E-state index in [0.29, 0.717) is 5.57 Å². The largest absolute Gasteiger partial charge is 0.222 e. The van der Waals surface area contributed by atoms with Crippen molar-refractivity contribution in [3.8, 4) is 0 Å². The van der Waals surface area contributed by atoms with Gasteiger partial charge >= 0.3 is 0 Å². The standard InChI is InChI=1S/C21H22O4S2/c1-4-5-16-21(17-18(2)3,26(22,23)19-12-8-6-9-13-19)27(24,25)20-14-10-7-11-15-20/h5-15H,1-2,16-17H2,3H3. The first-order valence-corrected chi connectivity index (χ1v) is 11.2. The predicted octanol–water partition coefficient (Wildman–Crippen LogP) is 4.33. The van der Waals surface area contributed by atoms with E-state index in [4.69, 9.17) is 0 Å². The lowest BCUT2D eigenvalue weighted by molar-refractivity contribution is 0.534. The first kappa shape index (κ1) is 20.9. The molecule has 0 amide bonds. The molecule has 0 fully saturated rings. The molecule has 0 aliphatic heterocycles.